The zero-order chi connectivity index (χ0) is 28.4. The number of aliphatic hydroxyl groups excluding tert-OH is 1. The topological polar surface area (TPSA) is 125 Å². The van der Waals surface area contributed by atoms with Crippen molar-refractivity contribution in [1.82, 2.24) is 10.6 Å². The van der Waals surface area contributed by atoms with E-state index < -0.39 is 33.2 Å². The molecule has 3 N–H and O–H groups in total. The molecule has 0 bridgehead atoms. The molecule has 0 aromatic rings. The third-order valence-electron chi connectivity index (χ3n) is 7.36. The number of hydrogen-bond acceptors (Lipinski definition) is 7. The Morgan fingerprint density at radius 2 is 0.921 bits per heavy atom. The van der Waals surface area contributed by atoms with Gasteiger partial charge in [-0.15, -0.1) is 0 Å². The zero-order valence-electron chi connectivity index (χ0n) is 24.9. The predicted molar refractivity (Wildman–Crippen MR) is 160 cm³/mol. The Hall–Kier alpha value is 0.260. The summed E-state index contributed by atoms with van der Waals surface area (Å²) in [5, 5.41) is 15.5. The molecule has 3 unspecified atom stereocenters. The number of rotatable bonds is 30. The highest BCUT2D eigenvalue weighted by Crippen LogP contribution is 2.47. The van der Waals surface area contributed by atoms with Crippen LogP contribution in [0.15, 0.2) is 0 Å². The van der Waals surface area contributed by atoms with Crippen LogP contribution in [-0.4, -0.2) is 49.2 Å². The molecule has 0 fully saturated rings. The Morgan fingerprint density at radius 3 is 1.29 bits per heavy atom. The second-order valence-corrected chi connectivity index (χ2v) is 16.0. The van der Waals surface area contributed by atoms with E-state index in [4.69, 9.17) is 0 Å². The molecule has 0 saturated carbocycles. The summed E-state index contributed by atoms with van der Waals surface area (Å²) < 4.78 is 25.1. The lowest BCUT2D eigenvalue weighted by molar-refractivity contribution is -0.182. The first-order valence-electron chi connectivity index (χ1n) is 15.9. The van der Waals surface area contributed by atoms with Gasteiger partial charge in [0.1, 0.15) is 0 Å². The van der Waals surface area contributed by atoms with Gasteiger partial charge in [-0.25, -0.2) is 0 Å². The first-order valence-corrected chi connectivity index (χ1v) is 19.8. The predicted octanol–water partition coefficient (Wildman–Crippen LogP) is 6.56. The molecule has 3 atom stereocenters. The minimum atomic E-state index is -4.06. The highest BCUT2D eigenvalue weighted by atomic mass is 31.2. The van der Waals surface area contributed by atoms with E-state index in [1.165, 1.54) is 96.3 Å². The maximum absolute atomic E-state index is 12.6. The van der Waals surface area contributed by atoms with Gasteiger partial charge in [0.05, 0.1) is 6.61 Å². The second-order valence-electron chi connectivity index (χ2n) is 11.2. The number of hydrogen-bond donors (Lipinski definition) is 3. The van der Waals surface area contributed by atoms with E-state index in [2.05, 4.69) is 24.5 Å². The van der Waals surface area contributed by atoms with Crippen molar-refractivity contribution in [2.24, 2.45) is 0 Å². The van der Waals surface area contributed by atoms with Crippen LogP contribution in [0.25, 0.3) is 0 Å². The summed E-state index contributed by atoms with van der Waals surface area (Å²) >= 11 is 0. The molecule has 0 radical (unpaired) electrons. The van der Waals surface area contributed by atoms with E-state index in [0.29, 0.717) is 13.1 Å². The van der Waals surface area contributed by atoms with Gasteiger partial charge in [-0.1, -0.05) is 129 Å². The fourth-order valence-corrected chi connectivity index (χ4v) is 8.88. The van der Waals surface area contributed by atoms with Crippen LogP contribution < -0.4 is 20.4 Å². The molecule has 0 aliphatic heterocycles. The van der Waals surface area contributed by atoms with Gasteiger partial charge in [0.15, 0.2) is 0 Å². The molecule has 230 valence electrons. The van der Waals surface area contributed by atoms with Crippen LogP contribution in [0.5, 0.6) is 0 Å². The van der Waals surface area contributed by atoms with Crippen LogP contribution in [0, 0.1) is 0 Å². The summed E-state index contributed by atoms with van der Waals surface area (Å²) in [7, 11) is -7.99. The lowest BCUT2D eigenvalue weighted by Crippen LogP contribution is -2.34. The monoisotopic (exact) mass is 580 g/mol. The standard InChI is InChI=1S/C29H64N2O5P2/c1-3-5-7-9-11-13-15-17-19-21-23-30-27-37(33,34)26-29(25-32)38(35,36)28-31-24-22-20-18-16-14-12-10-8-6-4-2/h29-32H,3-28H2,1-2H3,(H,33,34)(H,35,36)/p-2. The zero-order valence-corrected chi connectivity index (χ0v) is 26.7. The van der Waals surface area contributed by atoms with E-state index in [-0.39, 0.29) is 12.6 Å². The molecule has 9 heteroatoms. The van der Waals surface area contributed by atoms with Crippen molar-refractivity contribution in [2.75, 3.05) is 38.4 Å². The molecule has 0 aliphatic rings. The lowest BCUT2D eigenvalue weighted by Gasteiger charge is -2.36. The molecule has 7 nitrogen and oxygen atoms in total. The van der Waals surface area contributed by atoms with Gasteiger partial charge in [0.2, 0.25) is 0 Å². The van der Waals surface area contributed by atoms with Crippen LogP contribution in [0.1, 0.15) is 142 Å². The molecule has 0 amide bonds. The van der Waals surface area contributed by atoms with Gasteiger partial charge in [-0.3, -0.25) is 0 Å². The Bertz CT molecular complexity index is 610. The fourth-order valence-electron chi connectivity index (χ4n) is 4.78. The molecule has 38 heavy (non-hydrogen) atoms. The highest BCUT2D eigenvalue weighted by Gasteiger charge is 2.25. The average molecular weight is 581 g/mol. The molecule has 0 saturated heterocycles. The van der Waals surface area contributed by atoms with E-state index in [9.17, 15) is 24.0 Å². The van der Waals surface area contributed by atoms with Gasteiger partial charge in [0.25, 0.3) is 0 Å². The quantitative estimate of drug-likeness (QED) is 0.0649. The van der Waals surface area contributed by atoms with Gasteiger partial charge in [0, 0.05) is 39.1 Å². The Labute approximate surface area is 235 Å². The highest BCUT2D eigenvalue weighted by molar-refractivity contribution is 7.61. The summed E-state index contributed by atoms with van der Waals surface area (Å²) in [5.41, 5.74) is -1.25. The van der Waals surface area contributed by atoms with E-state index in [1.807, 2.05) is 0 Å². The van der Waals surface area contributed by atoms with Gasteiger partial charge < -0.3 is 34.7 Å². The molecule has 0 rings (SSSR count). The number of aliphatic hydroxyl groups is 1. The van der Waals surface area contributed by atoms with Crippen molar-refractivity contribution >= 4 is 14.7 Å². The summed E-state index contributed by atoms with van der Waals surface area (Å²) in [6.45, 7) is 5.00. The Morgan fingerprint density at radius 1 is 0.579 bits per heavy atom. The molecule has 0 aromatic carbocycles. The first kappa shape index (κ1) is 38.3. The maximum atomic E-state index is 12.6. The van der Waals surface area contributed by atoms with E-state index in [0.717, 1.165) is 32.1 Å². The smallest absolute Gasteiger partial charge is 0.0521 e. The normalized spacial score (nSPS) is 15.8. The SMILES string of the molecule is CCCCCCCCCCCCNCP(=O)([O-])CC(CO)P(=O)([O-])CNCCCCCCCCCCCC. The number of unbranched alkanes of at least 4 members (excludes halogenated alkanes) is 18. The van der Waals surface area contributed by atoms with Gasteiger partial charge in [-0.05, 0) is 25.9 Å². The summed E-state index contributed by atoms with van der Waals surface area (Å²) in [6.07, 6.45) is 23.5. The Balaban J connectivity index is 3.90. The molecule has 0 spiro atoms. The summed E-state index contributed by atoms with van der Waals surface area (Å²) in [4.78, 5) is 25.1. The molecule has 0 aromatic heterocycles. The van der Waals surface area contributed by atoms with Crippen molar-refractivity contribution in [3.05, 3.63) is 0 Å². The van der Waals surface area contributed by atoms with E-state index >= 15 is 0 Å². The van der Waals surface area contributed by atoms with Crippen molar-refractivity contribution in [3.63, 3.8) is 0 Å². The van der Waals surface area contributed by atoms with Crippen LogP contribution >= 0.6 is 14.7 Å². The fraction of sp³-hybridized carbons (Fsp3) is 1.00. The molecule has 0 aliphatic carbocycles. The van der Waals surface area contributed by atoms with Gasteiger partial charge in [-0.2, -0.15) is 0 Å². The third kappa shape index (κ3) is 24.1. The van der Waals surface area contributed by atoms with E-state index in [1.54, 1.807) is 0 Å². The van der Waals surface area contributed by atoms with Crippen LogP contribution in [0.4, 0.5) is 0 Å². The van der Waals surface area contributed by atoms with Crippen LogP contribution in [-0.2, 0) is 9.13 Å². The van der Waals surface area contributed by atoms with Crippen molar-refractivity contribution in [2.45, 2.75) is 148 Å². The first-order chi connectivity index (χ1) is 18.3. The molecular formula is C29H62N2O5P2-2. The molecule has 0 heterocycles. The maximum Gasteiger partial charge on any atom is 0.0521 e. The van der Waals surface area contributed by atoms with Crippen LogP contribution in [0.3, 0.4) is 0 Å². The number of nitrogens with one attached hydrogen (secondary N) is 2. The van der Waals surface area contributed by atoms with Crippen molar-refractivity contribution in [3.8, 4) is 0 Å². The van der Waals surface area contributed by atoms with Gasteiger partial charge >= 0.3 is 0 Å². The largest absolute Gasteiger partial charge is 0.798 e. The second kappa shape index (κ2) is 26.2. The summed E-state index contributed by atoms with van der Waals surface area (Å²) in [5.74, 6) is 0. The van der Waals surface area contributed by atoms with Crippen molar-refractivity contribution in [1.29, 1.82) is 0 Å². The lowest BCUT2D eigenvalue weighted by atomic mass is 10.1. The summed E-state index contributed by atoms with van der Waals surface area (Å²) in [6, 6.07) is 0. The third-order valence-corrected chi connectivity index (χ3v) is 11.5. The minimum Gasteiger partial charge on any atom is -0.798 e. The molecular weight excluding hydrogens is 518 g/mol. The average Bonchev–Trinajstić information content (AvgIpc) is 2.88. The minimum absolute atomic E-state index is 0.215. The Kier molecular flexibility index (Phi) is 26.4. The van der Waals surface area contributed by atoms with Crippen LogP contribution in [0.2, 0.25) is 0 Å². The van der Waals surface area contributed by atoms with Crippen molar-refractivity contribution < 1.29 is 24.0 Å².